The maximum Gasteiger partial charge on any atom is 0.237 e. The first-order valence-electron chi connectivity index (χ1n) is 6.74. The second kappa shape index (κ2) is 6.19. The Balaban J connectivity index is 2.45. The van der Waals surface area contributed by atoms with E-state index in [0.717, 1.165) is 25.9 Å². The van der Waals surface area contributed by atoms with Crippen molar-refractivity contribution in [2.75, 3.05) is 26.7 Å². The molecule has 0 aromatic rings. The van der Waals surface area contributed by atoms with Gasteiger partial charge < -0.3 is 10.2 Å². The Labute approximate surface area is 110 Å². The number of likely N-dealkylation sites (tertiary alicyclic amines) is 1. The van der Waals surface area contributed by atoms with Crippen molar-refractivity contribution < 1.29 is 4.79 Å². The highest BCUT2D eigenvalue weighted by Crippen LogP contribution is 2.29. The van der Waals surface area contributed by atoms with Crippen molar-refractivity contribution in [3.8, 4) is 6.07 Å². The fourth-order valence-electron chi connectivity index (χ4n) is 2.26. The Kier molecular flexibility index (Phi) is 5.15. The molecule has 1 amide bonds. The Morgan fingerprint density at radius 1 is 1.44 bits per heavy atom. The summed E-state index contributed by atoms with van der Waals surface area (Å²) in [5, 5.41) is 11.9. The second-order valence-corrected chi connectivity index (χ2v) is 6.18. The van der Waals surface area contributed by atoms with Gasteiger partial charge in [0.15, 0.2) is 0 Å². The first kappa shape index (κ1) is 15.0. The lowest BCUT2D eigenvalue weighted by atomic mass is 9.80. The van der Waals surface area contributed by atoms with Crippen molar-refractivity contribution in [3.05, 3.63) is 0 Å². The number of nitrogens with one attached hydrogen (secondary N) is 1. The van der Waals surface area contributed by atoms with Crippen LogP contribution in [0, 0.1) is 28.6 Å². The molecule has 1 rings (SSSR count). The third kappa shape index (κ3) is 3.99. The van der Waals surface area contributed by atoms with Gasteiger partial charge in [-0.05, 0) is 44.3 Å². The molecule has 0 spiro atoms. The minimum absolute atomic E-state index is 0.0697. The van der Waals surface area contributed by atoms with Gasteiger partial charge in [0, 0.05) is 6.54 Å². The first-order chi connectivity index (χ1) is 8.38. The van der Waals surface area contributed by atoms with Gasteiger partial charge in [0.25, 0.3) is 0 Å². The fourth-order valence-corrected chi connectivity index (χ4v) is 2.26. The summed E-state index contributed by atoms with van der Waals surface area (Å²) in [6.07, 6.45) is 2.20. The monoisotopic (exact) mass is 251 g/mol. The zero-order chi connectivity index (χ0) is 13.8. The van der Waals surface area contributed by atoms with E-state index in [0.29, 0.717) is 6.54 Å². The Bertz CT molecular complexity index is 324. The number of hydrogen-bond acceptors (Lipinski definition) is 3. The molecule has 4 nitrogen and oxygen atoms in total. The molecule has 1 fully saturated rings. The van der Waals surface area contributed by atoms with Crippen LogP contribution in [-0.2, 0) is 4.79 Å². The van der Waals surface area contributed by atoms with Crippen LogP contribution in [0.1, 0.15) is 33.6 Å². The van der Waals surface area contributed by atoms with E-state index in [9.17, 15) is 4.79 Å². The molecule has 1 N–H and O–H groups in total. The van der Waals surface area contributed by atoms with E-state index in [-0.39, 0.29) is 17.2 Å². The van der Waals surface area contributed by atoms with Gasteiger partial charge in [-0.1, -0.05) is 20.8 Å². The predicted molar refractivity (Wildman–Crippen MR) is 71.8 cm³/mol. The van der Waals surface area contributed by atoms with Crippen molar-refractivity contribution in [1.82, 2.24) is 10.2 Å². The van der Waals surface area contributed by atoms with Gasteiger partial charge in [0.2, 0.25) is 5.91 Å². The molecule has 1 heterocycles. The number of nitrogens with zero attached hydrogens (tertiary/aromatic N) is 2. The van der Waals surface area contributed by atoms with Gasteiger partial charge in [-0.15, -0.1) is 0 Å². The van der Waals surface area contributed by atoms with Gasteiger partial charge in [-0.3, -0.25) is 4.79 Å². The second-order valence-electron chi connectivity index (χ2n) is 6.18. The lowest BCUT2D eigenvalue weighted by Gasteiger charge is -2.38. The van der Waals surface area contributed by atoms with Crippen molar-refractivity contribution in [2.24, 2.45) is 17.3 Å². The van der Waals surface area contributed by atoms with Crippen molar-refractivity contribution in [1.29, 1.82) is 5.26 Å². The average molecular weight is 251 g/mol. The first-order valence-corrected chi connectivity index (χ1v) is 6.74. The fraction of sp³-hybridized carbons (Fsp3) is 0.857. The zero-order valence-electron chi connectivity index (χ0n) is 12.0. The van der Waals surface area contributed by atoms with Crippen LogP contribution in [-0.4, -0.2) is 37.5 Å². The quantitative estimate of drug-likeness (QED) is 0.826. The topological polar surface area (TPSA) is 56.1 Å². The lowest BCUT2D eigenvalue weighted by molar-refractivity contribution is -0.125. The molecular formula is C14H25N3O. The maximum atomic E-state index is 11.9. The third-order valence-electron chi connectivity index (χ3n) is 3.97. The number of carbonyl (C=O) groups is 1. The van der Waals surface area contributed by atoms with E-state index in [1.165, 1.54) is 0 Å². The maximum absolute atomic E-state index is 11.9. The summed E-state index contributed by atoms with van der Waals surface area (Å²) < 4.78 is 0. The van der Waals surface area contributed by atoms with E-state index >= 15 is 0 Å². The number of hydrogen-bond donors (Lipinski definition) is 1. The Morgan fingerprint density at radius 2 is 2.00 bits per heavy atom. The summed E-state index contributed by atoms with van der Waals surface area (Å²) in [6, 6.07) is 2.09. The summed E-state index contributed by atoms with van der Waals surface area (Å²) in [6.45, 7) is 8.88. The number of piperidine rings is 1. The van der Waals surface area contributed by atoms with Crippen molar-refractivity contribution in [3.63, 3.8) is 0 Å². The smallest absolute Gasteiger partial charge is 0.237 e. The van der Waals surface area contributed by atoms with Gasteiger partial charge >= 0.3 is 0 Å². The van der Waals surface area contributed by atoms with Crippen LogP contribution in [0.25, 0.3) is 0 Å². The highest BCUT2D eigenvalue weighted by Gasteiger charge is 2.30. The molecule has 0 aromatic carbocycles. The van der Waals surface area contributed by atoms with Crippen LogP contribution in [0.5, 0.6) is 0 Å². The Morgan fingerprint density at radius 3 is 2.44 bits per heavy atom. The standard InChI is InChI=1S/C14H25N3O/c1-11(2)12(9-15)13(18)16-10-14(3)5-7-17(4)8-6-14/h11-12H,5-8,10H2,1-4H3,(H,16,18). The molecule has 1 saturated heterocycles. The molecule has 0 aromatic heterocycles. The van der Waals surface area contributed by atoms with E-state index < -0.39 is 5.92 Å². The molecule has 18 heavy (non-hydrogen) atoms. The molecule has 0 bridgehead atoms. The minimum atomic E-state index is -0.528. The van der Waals surface area contributed by atoms with Crippen LogP contribution >= 0.6 is 0 Å². The lowest BCUT2D eigenvalue weighted by Crippen LogP contribution is -2.45. The molecular weight excluding hydrogens is 226 g/mol. The highest BCUT2D eigenvalue weighted by molar-refractivity contribution is 5.81. The van der Waals surface area contributed by atoms with E-state index in [1.807, 2.05) is 13.8 Å². The molecule has 102 valence electrons. The molecule has 0 radical (unpaired) electrons. The molecule has 1 atom stereocenters. The number of rotatable bonds is 4. The SMILES string of the molecule is CC(C)C(C#N)C(=O)NCC1(C)CCN(C)CC1. The van der Waals surface area contributed by atoms with Crippen LogP contribution < -0.4 is 5.32 Å². The van der Waals surface area contributed by atoms with Gasteiger partial charge in [-0.25, -0.2) is 0 Å². The van der Waals surface area contributed by atoms with Gasteiger partial charge in [0.1, 0.15) is 5.92 Å². The molecule has 1 aliphatic heterocycles. The van der Waals surface area contributed by atoms with Crippen LogP contribution in [0.3, 0.4) is 0 Å². The summed E-state index contributed by atoms with van der Waals surface area (Å²) in [5.41, 5.74) is 0.180. The summed E-state index contributed by atoms with van der Waals surface area (Å²) >= 11 is 0. The normalized spacial score (nSPS) is 21.3. The van der Waals surface area contributed by atoms with Crippen LogP contribution in [0.2, 0.25) is 0 Å². The predicted octanol–water partition coefficient (Wildman–Crippen LogP) is 1.63. The average Bonchev–Trinajstić information content (AvgIpc) is 2.31. The zero-order valence-corrected chi connectivity index (χ0v) is 12.0. The Hall–Kier alpha value is -1.08. The molecule has 1 aliphatic rings. The van der Waals surface area contributed by atoms with Gasteiger partial charge in [-0.2, -0.15) is 5.26 Å². The van der Waals surface area contributed by atoms with E-state index in [4.69, 9.17) is 5.26 Å². The third-order valence-corrected chi connectivity index (χ3v) is 3.97. The van der Waals surface area contributed by atoms with E-state index in [2.05, 4.69) is 30.3 Å². The summed E-state index contributed by atoms with van der Waals surface area (Å²) in [4.78, 5) is 14.2. The number of carbonyl (C=O) groups excluding carboxylic acids is 1. The highest BCUT2D eigenvalue weighted by atomic mass is 16.1. The summed E-state index contributed by atoms with van der Waals surface area (Å²) in [5.74, 6) is -0.576. The summed E-state index contributed by atoms with van der Waals surface area (Å²) in [7, 11) is 2.13. The number of amides is 1. The van der Waals surface area contributed by atoms with Crippen molar-refractivity contribution in [2.45, 2.75) is 33.6 Å². The van der Waals surface area contributed by atoms with E-state index in [1.54, 1.807) is 0 Å². The largest absolute Gasteiger partial charge is 0.354 e. The van der Waals surface area contributed by atoms with Crippen LogP contribution in [0.15, 0.2) is 0 Å². The molecule has 0 aliphatic carbocycles. The van der Waals surface area contributed by atoms with Gasteiger partial charge in [0.05, 0.1) is 6.07 Å². The van der Waals surface area contributed by atoms with Crippen LogP contribution in [0.4, 0.5) is 0 Å². The molecule has 0 saturated carbocycles. The molecule has 4 heteroatoms. The van der Waals surface area contributed by atoms with Crippen molar-refractivity contribution >= 4 is 5.91 Å². The number of nitriles is 1. The minimum Gasteiger partial charge on any atom is -0.354 e. The molecule has 1 unspecified atom stereocenters.